The first kappa shape index (κ1) is 12.7. The zero-order chi connectivity index (χ0) is 13.0. The van der Waals surface area contributed by atoms with Crippen LogP contribution < -0.4 is 4.74 Å². The van der Waals surface area contributed by atoms with Crippen LogP contribution in [-0.2, 0) is 9.59 Å². The van der Waals surface area contributed by atoms with Gasteiger partial charge in [0.05, 0.1) is 12.7 Å². The molecule has 0 fully saturated rings. The molecule has 0 aliphatic carbocycles. The van der Waals surface area contributed by atoms with E-state index in [0.29, 0.717) is 6.08 Å². The monoisotopic (exact) mass is 240 g/mol. The summed E-state index contributed by atoms with van der Waals surface area (Å²) in [6, 6.07) is 3.55. The fourth-order valence-electron chi connectivity index (χ4n) is 1.09. The van der Waals surface area contributed by atoms with E-state index in [1.54, 1.807) is 0 Å². The second kappa shape index (κ2) is 5.11. The van der Waals surface area contributed by atoms with Crippen LogP contribution in [0.15, 0.2) is 24.3 Å². The average molecular weight is 240 g/mol. The van der Waals surface area contributed by atoms with Crippen LogP contribution in [-0.4, -0.2) is 29.1 Å². The van der Waals surface area contributed by atoms with E-state index < -0.39 is 23.3 Å². The van der Waals surface area contributed by atoms with E-state index in [9.17, 15) is 19.1 Å². The molecular formula is C11H9FO5. The molecule has 5 nitrogen and oxygen atoms in total. The minimum absolute atomic E-state index is 0.239. The molecule has 0 amide bonds. The van der Waals surface area contributed by atoms with Crippen molar-refractivity contribution in [2.24, 2.45) is 0 Å². The maximum atomic E-state index is 13.4. The molecule has 0 saturated carbocycles. The van der Waals surface area contributed by atoms with Crippen molar-refractivity contribution >= 4 is 17.5 Å². The number of ether oxygens (including phenoxy) is 1. The van der Waals surface area contributed by atoms with Gasteiger partial charge in [0.15, 0.2) is 0 Å². The molecule has 90 valence electrons. The van der Waals surface area contributed by atoms with Crippen molar-refractivity contribution in [3.05, 3.63) is 35.7 Å². The zero-order valence-electron chi connectivity index (χ0n) is 8.81. The van der Waals surface area contributed by atoms with Crippen molar-refractivity contribution in [1.82, 2.24) is 0 Å². The van der Waals surface area contributed by atoms with Gasteiger partial charge in [-0.05, 0) is 12.1 Å². The summed E-state index contributed by atoms with van der Waals surface area (Å²) >= 11 is 0. The smallest absolute Gasteiger partial charge is 0.376 e. The van der Waals surface area contributed by atoms with Gasteiger partial charge in [0.1, 0.15) is 17.3 Å². The van der Waals surface area contributed by atoms with Crippen LogP contribution in [0.3, 0.4) is 0 Å². The van der Waals surface area contributed by atoms with E-state index in [1.807, 2.05) is 0 Å². The Labute approximate surface area is 95.8 Å². The number of hydrogen-bond acceptors (Lipinski definition) is 4. The molecule has 1 rings (SSSR count). The van der Waals surface area contributed by atoms with Gasteiger partial charge in [-0.25, -0.2) is 9.18 Å². The number of aliphatic carboxylic acids is 1. The summed E-state index contributed by atoms with van der Waals surface area (Å²) in [7, 11) is 1.35. The van der Waals surface area contributed by atoms with E-state index >= 15 is 0 Å². The summed E-state index contributed by atoms with van der Waals surface area (Å²) in [4.78, 5) is 21.0. The predicted molar refractivity (Wildman–Crippen MR) is 56.2 cm³/mol. The Morgan fingerprint density at radius 3 is 2.47 bits per heavy atom. The highest BCUT2D eigenvalue weighted by molar-refractivity contribution is 6.38. The number of ketones is 1. The quantitative estimate of drug-likeness (QED) is 0.472. The Kier molecular flexibility index (Phi) is 3.82. The third-order valence-electron chi connectivity index (χ3n) is 1.93. The number of carbonyl (C=O) groups is 2. The topological polar surface area (TPSA) is 83.8 Å². The van der Waals surface area contributed by atoms with Crippen LogP contribution in [0.25, 0.3) is 5.76 Å². The Bertz CT molecular complexity index is 493. The summed E-state index contributed by atoms with van der Waals surface area (Å²) in [6.07, 6.45) is 0.438. The third-order valence-corrected chi connectivity index (χ3v) is 1.93. The molecule has 0 aliphatic rings. The SMILES string of the molecule is COc1ccc(C(O)=CC(=O)C(=O)O)c(F)c1. The van der Waals surface area contributed by atoms with Crippen LogP contribution in [0.5, 0.6) is 5.75 Å². The molecule has 1 aromatic carbocycles. The molecular weight excluding hydrogens is 231 g/mol. The first-order valence-electron chi connectivity index (χ1n) is 4.47. The number of rotatable bonds is 4. The Hall–Kier alpha value is -2.37. The fraction of sp³-hybridized carbons (Fsp3) is 0.0909. The molecule has 0 atom stereocenters. The Morgan fingerprint density at radius 1 is 1.35 bits per heavy atom. The highest BCUT2D eigenvalue weighted by Gasteiger charge is 2.13. The molecule has 0 bridgehead atoms. The van der Waals surface area contributed by atoms with Crippen molar-refractivity contribution < 1.29 is 28.9 Å². The van der Waals surface area contributed by atoms with E-state index in [0.717, 1.165) is 6.07 Å². The van der Waals surface area contributed by atoms with Crippen molar-refractivity contribution in [1.29, 1.82) is 0 Å². The molecule has 0 saturated heterocycles. The number of hydrogen-bond donors (Lipinski definition) is 2. The van der Waals surface area contributed by atoms with Crippen molar-refractivity contribution in [2.75, 3.05) is 7.11 Å². The lowest BCUT2D eigenvalue weighted by atomic mass is 10.1. The summed E-state index contributed by atoms with van der Waals surface area (Å²) in [5.74, 6) is -4.40. The summed E-state index contributed by atoms with van der Waals surface area (Å²) in [5, 5.41) is 17.7. The molecule has 0 aliphatic heterocycles. The largest absolute Gasteiger partial charge is 0.507 e. The average Bonchev–Trinajstić information content (AvgIpc) is 2.28. The van der Waals surface area contributed by atoms with Gasteiger partial charge >= 0.3 is 5.97 Å². The highest BCUT2D eigenvalue weighted by atomic mass is 19.1. The Morgan fingerprint density at radius 2 is 2.00 bits per heavy atom. The fourth-order valence-corrected chi connectivity index (χ4v) is 1.09. The lowest BCUT2D eigenvalue weighted by Crippen LogP contribution is -2.09. The molecule has 0 radical (unpaired) electrons. The van der Waals surface area contributed by atoms with E-state index in [2.05, 4.69) is 0 Å². The molecule has 0 aromatic heterocycles. The number of benzene rings is 1. The molecule has 0 unspecified atom stereocenters. The van der Waals surface area contributed by atoms with Crippen molar-refractivity contribution in [2.45, 2.75) is 0 Å². The van der Waals surface area contributed by atoms with Gasteiger partial charge in [0.2, 0.25) is 0 Å². The minimum atomic E-state index is -1.73. The molecule has 1 aromatic rings. The summed E-state index contributed by atoms with van der Waals surface area (Å²) in [6.45, 7) is 0. The number of carbonyl (C=O) groups excluding carboxylic acids is 1. The zero-order valence-corrected chi connectivity index (χ0v) is 8.81. The first-order chi connectivity index (χ1) is 7.95. The predicted octanol–water partition coefficient (Wildman–Crippen LogP) is 1.39. The molecule has 0 heterocycles. The number of carboxylic acids is 1. The maximum Gasteiger partial charge on any atom is 0.376 e. The number of aliphatic hydroxyl groups excluding tert-OH is 1. The third kappa shape index (κ3) is 3.04. The van der Waals surface area contributed by atoms with Gasteiger partial charge < -0.3 is 14.9 Å². The lowest BCUT2D eigenvalue weighted by Gasteiger charge is -2.04. The number of halogens is 1. The van der Waals surface area contributed by atoms with Crippen LogP contribution in [0.4, 0.5) is 4.39 Å². The normalized spacial score (nSPS) is 11.1. The van der Waals surface area contributed by atoms with Crippen LogP contribution in [0.2, 0.25) is 0 Å². The number of methoxy groups -OCH3 is 1. The van der Waals surface area contributed by atoms with Gasteiger partial charge in [-0.3, -0.25) is 4.79 Å². The highest BCUT2D eigenvalue weighted by Crippen LogP contribution is 2.21. The molecule has 2 N–H and O–H groups in total. The van der Waals surface area contributed by atoms with E-state index in [-0.39, 0.29) is 11.3 Å². The second-order valence-corrected chi connectivity index (χ2v) is 3.04. The lowest BCUT2D eigenvalue weighted by molar-refractivity contribution is -0.146. The minimum Gasteiger partial charge on any atom is -0.507 e. The van der Waals surface area contributed by atoms with Crippen LogP contribution in [0, 0.1) is 5.82 Å². The van der Waals surface area contributed by atoms with Gasteiger partial charge in [0.25, 0.3) is 5.78 Å². The van der Waals surface area contributed by atoms with E-state index in [4.69, 9.17) is 9.84 Å². The van der Waals surface area contributed by atoms with Gasteiger partial charge in [-0.1, -0.05) is 0 Å². The van der Waals surface area contributed by atoms with Gasteiger partial charge in [-0.15, -0.1) is 0 Å². The van der Waals surface area contributed by atoms with Gasteiger partial charge in [0, 0.05) is 12.1 Å². The summed E-state index contributed by atoms with van der Waals surface area (Å²) < 4.78 is 18.1. The van der Waals surface area contributed by atoms with Crippen molar-refractivity contribution in [3.8, 4) is 5.75 Å². The number of aliphatic hydroxyl groups is 1. The first-order valence-corrected chi connectivity index (χ1v) is 4.47. The van der Waals surface area contributed by atoms with Crippen molar-refractivity contribution in [3.63, 3.8) is 0 Å². The molecule has 0 spiro atoms. The van der Waals surface area contributed by atoms with E-state index in [1.165, 1.54) is 19.2 Å². The van der Waals surface area contributed by atoms with Gasteiger partial charge in [-0.2, -0.15) is 0 Å². The molecule has 6 heteroatoms. The van der Waals surface area contributed by atoms with Crippen LogP contribution >= 0.6 is 0 Å². The standard InChI is InChI=1S/C11H9FO5/c1-17-6-2-3-7(8(12)4-6)9(13)5-10(14)11(15)16/h2-5,13H,1H3,(H,15,16). The summed E-state index contributed by atoms with van der Waals surface area (Å²) in [5.41, 5.74) is -0.277. The number of carboxylic acid groups (broad SMARTS) is 1. The Balaban J connectivity index is 3.08. The maximum absolute atomic E-state index is 13.4. The second-order valence-electron chi connectivity index (χ2n) is 3.04. The molecule has 17 heavy (non-hydrogen) atoms. The van der Waals surface area contributed by atoms with Crippen LogP contribution in [0.1, 0.15) is 5.56 Å².